The number of pyridine rings is 2. The third-order valence-electron chi connectivity index (χ3n) is 2.40. The Kier molecular flexibility index (Phi) is 21.1. The van der Waals surface area contributed by atoms with Gasteiger partial charge in [-0.05, 0) is 50.3 Å². The van der Waals surface area contributed by atoms with Crippen LogP contribution in [0, 0.1) is 10.2 Å². The van der Waals surface area contributed by atoms with E-state index in [0.717, 1.165) is 23.8 Å². The van der Waals surface area contributed by atoms with Gasteiger partial charge in [0.05, 0.1) is 0 Å². The smallest absolute Gasteiger partial charge is 0.876 e. The van der Waals surface area contributed by atoms with Gasteiger partial charge < -0.3 is 15.5 Å². The van der Waals surface area contributed by atoms with Gasteiger partial charge in [-0.2, -0.15) is 0 Å². The van der Waals surface area contributed by atoms with E-state index < -0.39 is 10.2 Å². The minimum absolute atomic E-state index is 0. The van der Waals surface area contributed by atoms with Crippen LogP contribution in [-0.2, 0) is 29.1 Å². The van der Waals surface area contributed by atoms with Gasteiger partial charge in [-0.1, -0.05) is 26.0 Å². The molecular weight excluding hydrogens is 547 g/mol. The summed E-state index contributed by atoms with van der Waals surface area (Å²) in [4.78, 5) is 28.2. The molecule has 0 aliphatic heterocycles. The Labute approximate surface area is 206 Å². The zero-order valence-corrected chi connectivity index (χ0v) is 20.7. The van der Waals surface area contributed by atoms with E-state index in [-0.39, 0.29) is 42.6 Å². The SMILES string of the molecule is CC(=O)/C=C(/C)[O-].CC(=O)/C=C(/C)[O-].[O-][Cl+3]([O-])([O-])[O-].[Ru+3].c1ccc(Nc2ccccn2)nc1. The van der Waals surface area contributed by atoms with E-state index in [4.69, 9.17) is 18.6 Å². The van der Waals surface area contributed by atoms with Crippen molar-refractivity contribution in [1.29, 1.82) is 0 Å². The molecule has 1 radical (unpaired) electrons. The van der Waals surface area contributed by atoms with Crippen molar-refractivity contribution < 1.29 is 68.2 Å². The second-order valence-corrected chi connectivity index (χ2v) is 6.42. The van der Waals surface area contributed by atoms with Crippen LogP contribution in [0.15, 0.2) is 72.5 Å². The van der Waals surface area contributed by atoms with E-state index in [0.29, 0.717) is 0 Å². The minimum atomic E-state index is -4.94. The summed E-state index contributed by atoms with van der Waals surface area (Å²) in [5, 5.41) is 23.0. The van der Waals surface area contributed by atoms with Crippen LogP contribution in [0.5, 0.6) is 0 Å². The van der Waals surface area contributed by atoms with Crippen molar-refractivity contribution in [3.8, 4) is 0 Å². The first-order valence-corrected chi connectivity index (χ1v) is 9.86. The molecule has 0 atom stereocenters. The molecule has 0 saturated carbocycles. The van der Waals surface area contributed by atoms with E-state index >= 15 is 0 Å². The number of allylic oxidation sites excluding steroid dienone is 4. The van der Waals surface area contributed by atoms with Crippen LogP contribution in [0.25, 0.3) is 0 Å². The fourth-order valence-electron chi connectivity index (χ4n) is 1.58. The van der Waals surface area contributed by atoms with Crippen LogP contribution in [0.1, 0.15) is 27.7 Å². The zero-order valence-electron chi connectivity index (χ0n) is 18.2. The van der Waals surface area contributed by atoms with E-state index in [9.17, 15) is 19.8 Å². The first-order chi connectivity index (χ1) is 14.7. The fourth-order valence-corrected chi connectivity index (χ4v) is 1.58. The van der Waals surface area contributed by atoms with Crippen molar-refractivity contribution in [2.24, 2.45) is 0 Å². The third kappa shape index (κ3) is 34.1. The molecule has 33 heavy (non-hydrogen) atoms. The Hall–Kier alpha value is -2.73. The third-order valence-corrected chi connectivity index (χ3v) is 2.40. The molecule has 0 unspecified atom stereocenters. The molecule has 0 bridgehead atoms. The summed E-state index contributed by atoms with van der Waals surface area (Å²) in [7, 11) is -4.94. The summed E-state index contributed by atoms with van der Waals surface area (Å²) in [6.07, 6.45) is 5.59. The van der Waals surface area contributed by atoms with Gasteiger partial charge in [0.15, 0.2) is 11.6 Å². The summed E-state index contributed by atoms with van der Waals surface area (Å²) in [6, 6.07) is 11.4. The predicted molar refractivity (Wildman–Crippen MR) is 101 cm³/mol. The van der Waals surface area contributed by atoms with Crippen molar-refractivity contribution in [1.82, 2.24) is 9.97 Å². The number of carbonyl (C=O) groups is 2. The number of hydrogen-bond acceptors (Lipinski definition) is 11. The first-order valence-electron chi connectivity index (χ1n) is 8.63. The van der Waals surface area contributed by atoms with Crippen molar-refractivity contribution in [3.63, 3.8) is 0 Å². The van der Waals surface area contributed by atoms with E-state index in [2.05, 4.69) is 15.3 Å². The van der Waals surface area contributed by atoms with E-state index in [1.165, 1.54) is 27.7 Å². The van der Waals surface area contributed by atoms with Gasteiger partial charge in [-0.3, -0.25) is 9.59 Å². The van der Waals surface area contributed by atoms with Crippen LogP contribution < -0.4 is 34.2 Å². The normalized spacial score (nSPS) is 10.4. The molecule has 0 fully saturated rings. The molecule has 0 aliphatic carbocycles. The van der Waals surface area contributed by atoms with Gasteiger partial charge in [0, 0.05) is 12.4 Å². The topological polar surface area (TPSA) is 210 Å². The molecule has 0 spiro atoms. The Balaban J connectivity index is -0.000000391. The van der Waals surface area contributed by atoms with Crippen LogP contribution in [0.4, 0.5) is 11.6 Å². The van der Waals surface area contributed by atoms with Crippen LogP contribution >= 0.6 is 0 Å². The molecule has 0 saturated heterocycles. The standard InChI is InChI=1S/C10H9N3.2C5H8O2.ClHO4.Ru/c1-3-7-11-9(5-1)13-10-6-2-4-8-12-10;2*1-4(6)3-5(2)7;2-1(3,4)5;/h1-8H,(H,11,12,13);2*3,6H,1-2H3;(H,2,3,4,5);/q;;;;+3/p-3/b;2*4-3-;;. The van der Waals surface area contributed by atoms with Gasteiger partial charge in [0.2, 0.25) is 0 Å². The van der Waals surface area contributed by atoms with E-state index in [1.807, 2.05) is 36.4 Å². The number of halogens is 1. The van der Waals surface area contributed by atoms with Crippen molar-refractivity contribution in [2.75, 3.05) is 5.32 Å². The van der Waals surface area contributed by atoms with Crippen LogP contribution in [0.3, 0.4) is 0 Å². The molecule has 2 rings (SSSR count). The number of rotatable bonds is 4. The first kappa shape index (κ1) is 34.9. The molecule has 2 aromatic heterocycles. The number of nitrogens with one attached hydrogen (secondary N) is 1. The maximum Gasteiger partial charge on any atom is 3.00 e. The number of carbonyl (C=O) groups excluding carboxylic acids is 2. The zero-order chi connectivity index (χ0) is 25.2. The van der Waals surface area contributed by atoms with E-state index in [1.54, 1.807) is 12.4 Å². The monoisotopic (exact) mass is 570 g/mol. The summed E-state index contributed by atoms with van der Waals surface area (Å²) in [6.45, 7) is 5.39. The largest absolute Gasteiger partial charge is 3.00 e. The molecule has 0 amide bonds. The average molecular weight is 570 g/mol. The van der Waals surface area contributed by atoms with Gasteiger partial charge in [-0.25, -0.2) is 28.6 Å². The van der Waals surface area contributed by atoms with Gasteiger partial charge in [0.25, 0.3) is 0 Å². The Morgan fingerprint density at radius 1 is 0.758 bits per heavy atom. The van der Waals surface area contributed by atoms with Crippen molar-refractivity contribution in [2.45, 2.75) is 27.7 Å². The summed E-state index contributed by atoms with van der Waals surface area (Å²) in [5.74, 6) is 0.863. The Bertz CT molecular complexity index is 781. The summed E-state index contributed by atoms with van der Waals surface area (Å²) in [5.41, 5.74) is 0. The molecule has 181 valence electrons. The quantitative estimate of drug-likeness (QED) is 0.225. The Morgan fingerprint density at radius 2 is 1.06 bits per heavy atom. The van der Waals surface area contributed by atoms with Crippen LogP contribution in [0.2, 0.25) is 0 Å². The molecule has 2 heterocycles. The Morgan fingerprint density at radius 3 is 1.21 bits per heavy atom. The molecule has 0 aromatic carbocycles. The number of anilines is 2. The molecule has 11 nitrogen and oxygen atoms in total. The van der Waals surface area contributed by atoms with Crippen molar-refractivity contribution in [3.05, 3.63) is 72.5 Å². The fraction of sp³-hybridized carbons (Fsp3) is 0.200. The second-order valence-electron chi connectivity index (χ2n) is 5.66. The molecular formula is C20H23ClN3O8Ru. The van der Waals surface area contributed by atoms with Gasteiger partial charge in [-0.15, -0.1) is 21.8 Å². The van der Waals surface area contributed by atoms with Crippen LogP contribution in [-0.4, -0.2) is 21.5 Å². The number of aromatic nitrogens is 2. The minimum Gasteiger partial charge on any atom is -0.876 e. The summed E-state index contributed by atoms with van der Waals surface area (Å²) >= 11 is 0. The second kappa shape index (κ2) is 19.9. The predicted octanol–water partition coefficient (Wildman–Crippen LogP) is -2.86. The maximum absolute atomic E-state index is 9.98. The van der Waals surface area contributed by atoms with Gasteiger partial charge in [0.1, 0.15) is 11.6 Å². The molecule has 1 N–H and O–H groups in total. The van der Waals surface area contributed by atoms with Crippen molar-refractivity contribution >= 4 is 23.2 Å². The molecule has 2 aromatic rings. The summed E-state index contributed by atoms with van der Waals surface area (Å²) < 4.78 is 34.0. The molecule has 0 aliphatic rings. The average Bonchev–Trinajstić information content (AvgIpc) is 2.61. The maximum atomic E-state index is 9.98. The number of hydrogen-bond donors (Lipinski definition) is 1. The molecule has 13 heteroatoms. The van der Waals surface area contributed by atoms with Gasteiger partial charge >= 0.3 is 19.5 Å². The number of ketones is 2. The number of nitrogens with zero attached hydrogens (tertiary/aromatic N) is 2.